The molecule has 5 nitrogen and oxygen atoms in total. The van der Waals surface area contributed by atoms with Gasteiger partial charge in [-0.2, -0.15) is 5.26 Å². The van der Waals surface area contributed by atoms with E-state index in [9.17, 15) is 17.6 Å². The van der Waals surface area contributed by atoms with Crippen LogP contribution < -0.4 is 0 Å². The number of aromatic nitrogens is 1. The molecule has 0 aliphatic heterocycles. The van der Waals surface area contributed by atoms with Gasteiger partial charge in [0.15, 0.2) is 11.6 Å². The molecule has 0 aliphatic rings. The van der Waals surface area contributed by atoms with E-state index >= 15 is 0 Å². The number of benzene rings is 2. The minimum absolute atomic E-state index is 0.0134. The maximum atomic E-state index is 14.8. The van der Waals surface area contributed by atoms with Crippen LogP contribution in [0.15, 0.2) is 53.4 Å². The zero-order valence-electron chi connectivity index (χ0n) is 13.2. The van der Waals surface area contributed by atoms with Crippen molar-refractivity contribution in [2.24, 2.45) is 0 Å². The first-order valence-electron chi connectivity index (χ1n) is 7.39. The van der Waals surface area contributed by atoms with Crippen molar-refractivity contribution in [2.75, 3.05) is 0 Å². The Kier molecular flexibility index (Phi) is 4.15. The lowest BCUT2D eigenvalue weighted by Gasteiger charge is -2.11. The maximum absolute atomic E-state index is 14.8. The van der Waals surface area contributed by atoms with Gasteiger partial charge < -0.3 is 0 Å². The predicted molar refractivity (Wildman–Crippen MR) is 90.2 cm³/mol. The van der Waals surface area contributed by atoms with Crippen molar-refractivity contribution in [1.29, 1.82) is 5.26 Å². The molecule has 0 amide bonds. The first-order chi connectivity index (χ1) is 11.9. The molecule has 0 spiro atoms. The van der Waals surface area contributed by atoms with Crippen molar-refractivity contribution < 1.29 is 17.6 Å². The standard InChI is InChI=1S/C18H13FN2O3S/c1-12-6-8-13(9-7-12)25(23,24)21-15-5-3-2-4-14(15)17(19)18(21)16(22)10-11-20/h2-9H,10H2,1H3. The SMILES string of the molecule is Cc1ccc(S(=O)(=O)n2c(C(=O)CC#N)c(F)c3ccccc32)cc1. The van der Waals surface area contributed by atoms with Crippen LogP contribution in [-0.4, -0.2) is 18.2 Å². The molecule has 0 unspecified atom stereocenters. The Morgan fingerprint density at radius 3 is 2.44 bits per heavy atom. The number of nitriles is 1. The number of carbonyl (C=O) groups is 1. The highest BCUT2D eigenvalue weighted by Crippen LogP contribution is 2.30. The van der Waals surface area contributed by atoms with Gasteiger partial charge in [-0.05, 0) is 31.2 Å². The fourth-order valence-corrected chi connectivity index (χ4v) is 4.16. The van der Waals surface area contributed by atoms with Gasteiger partial charge in [-0.1, -0.05) is 29.8 Å². The Hall–Kier alpha value is -2.98. The summed E-state index contributed by atoms with van der Waals surface area (Å²) < 4.78 is 41.6. The minimum atomic E-state index is -4.21. The third-order valence-electron chi connectivity index (χ3n) is 3.83. The van der Waals surface area contributed by atoms with Gasteiger partial charge in [0.1, 0.15) is 12.1 Å². The summed E-state index contributed by atoms with van der Waals surface area (Å²) in [5.41, 5.74) is 0.300. The number of hydrogen-bond acceptors (Lipinski definition) is 4. The Labute approximate surface area is 144 Å². The quantitative estimate of drug-likeness (QED) is 0.671. The number of ketones is 1. The zero-order valence-corrected chi connectivity index (χ0v) is 14.0. The molecule has 2 aromatic carbocycles. The Bertz CT molecular complexity index is 1120. The van der Waals surface area contributed by atoms with E-state index in [0.29, 0.717) is 3.97 Å². The smallest absolute Gasteiger partial charge is 0.268 e. The highest BCUT2D eigenvalue weighted by Gasteiger charge is 2.30. The molecule has 0 fully saturated rings. The van der Waals surface area contributed by atoms with E-state index in [1.165, 1.54) is 24.3 Å². The summed E-state index contributed by atoms with van der Waals surface area (Å²) in [7, 11) is -4.21. The molecule has 7 heteroatoms. The van der Waals surface area contributed by atoms with Gasteiger partial charge in [0.2, 0.25) is 0 Å². The van der Waals surface area contributed by atoms with Crippen LogP contribution in [-0.2, 0) is 10.0 Å². The van der Waals surface area contributed by atoms with Crippen LogP contribution in [0.2, 0.25) is 0 Å². The molecule has 0 N–H and O–H groups in total. The lowest BCUT2D eigenvalue weighted by atomic mass is 10.2. The van der Waals surface area contributed by atoms with Gasteiger partial charge in [-0.15, -0.1) is 0 Å². The summed E-state index contributed by atoms with van der Waals surface area (Å²) in [6.45, 7) is 1.81. The summed E-state index contributed by atoms with van der Waals surface area (Å²) in [6, 6.07) is 13.6. The van der Waals surface area contributed by atoms with Crippen LogP contribution in [0.25, 0.3) is 10.9 Å². The Morgan fingerprint density at radius 1 is 1.16 bits per heavy atom. The van der Waals surface area contributed by atoms with Gasteiger partial charge in [-0.3, -0.25) is 4.79 Å². The van der Waals surface area contributed by atoms with Crippen molar-refractivity contribution in [3.05, 3.63) is 65.6 Å². The van der Waals surface area contributed by atoms with Crippen LogP contribution in [0.4, 0.5) is 4.39 Å². The van der Waals surface area contributed by atoms with Crippen molar-refractivity contribution in [3.63, 3.8) is 0 Å². The topological polar surface area (TPSA) is 79.9 Å². The van der Waals surface area contributed by atoms with E-state index in [1.807, 2.05) is 6.92 Å². The summed E-state index contributed by atoms with van der Waals surface area (Å²) >= 11 is 0. The molecular formula is C18H13FN2O3S. The fourth-order valence-electron chi connectivity index (χ4n) is 2.63. The second-order valence-electron chi connectivity index (χ2n) is 5.52. The molecule has 1 heterocycles. The molecule has 0 bridgehead atoms. The molecule has 3 rings (SSSR count). The van der Waals surface area contributed by atoms with Crippen LogP contribution in [0.5, 0.6) is 0 Å². The van der Waals surface area contributed by atoms with Gasteiger partial charge >= 0.3 is 0 Å². The van der Waals surface area contributed by atoms with Crippen molar-refractivity contribution in [2.45, 2.75) is 18.2 Å². The summed E-state index contributed by atoms with van der Waals surface area (Å²) in [5.74, 6) is -1.82. The normalized spacial score (nSPS) is 11.4. The zero-order chi connectivity index (χ0) is 18.2. The van der Waals surface area contributed by atoms with Crippen molar-refractivity contribution in [3.8, 4) is 6.07 Å². The predicted octanol–water partition coefficient (Wildman–Crippen LogP) is 3.42. The number of hydrogen-bond donors (Lipinski definition) is 0. The van der Waals surface area contributed by atoms with Crippen LogP contribution in [0, 0.1) is 24.1 Å². The number of halogens is 1. The van der Waals surface area contributed by atoms with Gasteiger partial charge in [0.05, 0.1) is 16.5 Å². The average molecular weight is 356 g/mol. The lowest BCUT2D eigenvalue weighted by molar-refractivity contribution is 0.0988. The number of fused-ring (bicyclic) bond motifs is 1. The molecule has 0 saturated heterocycles. The Morgan fingerprint density at radius 2 is 1.80 bits per heavy atom. The third-order valence-corrected chi connectivity index (χ3v) is 5.56. The summed E-state index contributed by atoms with van der Waals surface area (Å²) in [4.78, 5) is 12.2. The molecule has 126 valence electrons. The van der Waals surface area contributed by atoms with Gasteiger partial charge in [0.25, 0.3) is 10.0 Å². The van der Waals surface area contributed by atoms with Crippen LogP contribution >= 0.6 is 0 Å². The number of para-hydroxylation sites is 1. The number of Topliss-reactive ketones (excluding diaryl/α,β-unsaturated/α-hetero) is 1. The minimum Gasteiger partial charge on any atom is -0.291 e. The van der Waals surface area contributed by atoms with Gasteiger partial charge in [-0.25, -0.2) is 16.8 Å². The number of aryl methyl sites for hydroxylation is 1. The largest absolute Gasteiger partial charge is 0.291 e. The first-order valence-corrected chi connectivity index (χ1v) is 8.83. The fraction of sp³-hybridized carbons (Fsp3) is 0.111. The second-order valence-corrected chi connectivity index (χ2v) is 7.31. The molecule has 1 aromatic heterocycles. The van der Waals surface area contributed by atoms with E-state index in [2.05, 4.69) is 0 Å². The van der Waals surface area contributed by atoms with E-state index in [-0.39, 0.29) is 15.8 Å². The number of nitrogens with zero attached hydrogens (tertiary/aromatic N) is 2. The molecule has 25 heavy (non-hydrogen) atoms. The maximum Gasteiger partial charge on any atom is 0.268 e. The molecule has 0 aliphatic carbocycles. The molecule has 0 saturated carbocycles. The lowest BCUT2D eigenvalue weighted by Crippen LogP contribution is -2.19. The molecular weight excluding hydrogens is 343 g/mol. The monoisotopic (exact) mass is 356 g/mol. The van der Waals surface area contributed by atoms with E-state index < -0.39 is 33.7 Å². The highest BCUT2D eigenvalue weighted by molar-refractivity contribution is 7.90. The van der Waals surface area contributed by atoms with Gasteiger partial charge in [0, 0.05) is 5.39 Å². The number of carbonyl (C=O) groups excluding carboxylic acids is 1. The third kappa shape index (κ3) is 2.71. The first kappa shape index (κ1) is 16.9. The molecule has 0 radical (unpaired) electrons. The van der Waals surface area contributed by atoms with Crippen molar-refractivity contribution in [1.82, 2.24) is 3.97 Å². The van der Waals surface area contributed by atoms with Crippen molar-refractivity contribution >= 4 is 26.7 Å². The number of rotatable bonds is 4. The second kappa shape index (κ2) is 6.15. The summed E-state index contributed by atoms with van der Waals surface area (Å²) in [6.07, 6.45) is -0.614. The average Bonchev–Trinajstić information content (AvgIpc) is 2.89. The van der Waals surface area contributed by atoms with Crippen LogP contribution in [0.3, 0.4) is 0 Å². The molecule has 3 aromatic rings. The highest BCUT2D eigenvalue weighted by atomic mass is 32.2. The van der Waals surface area contributed by atoms with E-state index in [0.717, 1.165) is 5.56 Å². The summed E-state index contributed by atoms with van der Waals surface area (Å²) in [5, 5.41) is 8.77. The van der Waals surface area contributed by atoms with E-state index in [4.69, 9.17) is 5.26 Å². The van der Waals surface area contributed by atoms with Crippen LogP contribution in [0.1, 0.15) is 22.5 Å². The van der Waals surface area contributed by atoms with E-state index in [1.54, 1.807) is 30.3 Å². The molecule has 0 atom stereocenters. The Balaban J connectivity index is 2.38.